The van der Waals surface area contributed by atoms with Gasteiger partial charge in [-0.3, -0.25) is 14.2 Å². The van der Waals surface area contributed by atoms with E-state index in [0.29, 0.717) is 39.4 Å². The van der Waals surface area contributed by atoms with Gasteiger partial charge in [-0.2, -0.15) is 0 Å². The van der Waals surface area contributed by atoms with Crippen LogP contribution in [0.5, 0.6) is 5.75 Å². The van der Waals surface area contributed by atoms with Crippen LogP contribution in [0.3, 0.4) is 0 Å². The lowest BCUT2D eigenvalue weighted by atomic mass is 9.94. The lowest BCUT2D eigenvalue weighted by Crippen LogP contribution is -2.43. The number of hydrogen-bond acceptors (Lipinski definition) is 5. The van der Waals surface area contributed by atoms with Crippen molar-refractivity contribution < 1.29 is 9.53 Å². The third-order valence-corrected chi connectivity index (χ3v) is 7.82. The molecule has 0 radical (unpaired) electrons. The molecule has 0 spiro atoms. The second-order valence-corrected chi connectivity index (χ2v) is 9.70. The average Bonchev–Trinajstić information content (AvgIpc) is 3.28. The lowest BCUT2D eigenvalue weighted by Gasteiger charge is -2.29. The third-order valence-electron chi connectivity index (χ3n) is 6.84. The van der Waals surface area contributed by atoms with Gasteiger partial charge in [0.05, 0.1) is 22.9 Å². The van der Waals surface area contributed by atoms with E-state index in [2.05, 4.69) is 10.6 Å². The molecule has 0 bridgehead atoms. The van der Waals surface area contributed by atoms with Crippen molar-refractivity contribution in [2.24, 2.45) is 12.0 Å². The minimum atomic E-state index is -0.628. The topological polar surface area (TPSA) is 68.8 Å². The van der Waals surface area contributed by atoms with Crippen molar-refractivity contribution in [3.05, 3.63) is 83.8 Å². The van der Waals surface area contributed by atoms with Gasteiger partial charge in [-0.1, -0.05) is 29.5 Å². The average molecular weight is 493 g/mol. The van der Waals surface area contributed by atoms with Crippen LogP contribution in [0.4, 0.5) is 0 Å². The molecular formula is C27H32N4O3S. The molecule has 1 aliphatic heterocycles. The van der Waals surface area contributed by atoms with Crippen LogP contribution in [0.15, 0.2) is 51.4 Å². The lowest BCUT2D eigenvalue weighted by molar-refractivity contribution is -0.127. The summed E-state index contributed by atoms with van der Waals surface area (Å²) in [7, 11) is 3.62. The van der Waals surface area contributed by atoms with Gasteiger partial charge in [-0.15, -0.1) is 0 Å². The summed E-state index contributed by atoms with van der Waals surface area (Å²) in [5.41, 5.74) is 4.93. The molecule has 0 saturated heterocycles. The number of fused-ring (bicyclic) bond motifs is 1. The highest BCUT2D eigenvalue weighted by Crippen LogP contribution is 2.36. The number of aryl methyl sites for hydroxylation is 1. The first-order valence-corrected chi connectivity index (χ1v) is 12.6. The van der Waals surface area contributed by atoms with Crippen LogP contribution in [0.1, 0.15) is 49.3 Å². The molecule has 2 aromatic heterocycles. The molecule has 1 atom stereocenters. The number of ether oxygens (including phenoxy) is 1. The Kier molecular flexibility index (Phi) is 6.85. The molecule has 4 rings (SSSR count). The minimum Gasteiger partial charge on any atom is -0.496 e. The monoisotopic (exact) mass is 492 g/mol. The molecule has 3 aromatic rings. The standard InChI is InChI=1S/C27H32N4O3S/c1-8-30(9-2)26(33)23-17(4)28-27-31(24(23)20-12-10-11-13-21(20)34-7)25(32)22(35-27)15-19-14-16(3)29(6)18(19)5/h10-15,24H,8-9H2,1-7H3/b22-15+/t24-/m1/s1. The van der Waals surface area contributed by atoms with E-state index >= 15 is 0 Å². The number of para-hydroxylation sites is 1. The van der Waals surface area contributed by atoms with Gasteiger partial charge in [0.15, 0.2) is 4.80 Å². The van der Waals surface area contributed by atoms with Crippen LogP contribution in [0, 0.1) is 13.8 Å². The van der Waals surface area contributed by atoms with Crippen molar-refractivity contribution >= 4 is 23.3 Å². The van der Waals surface area contributed by atoms with E-state index in [-0.39, 0.29) is 11.5 Å². The van der Waals surface area contributed by atoms with E-state index in [1.165, 1.54) is 11.3 Å². The second kappa shape index (κ2) is 9.70. The van der Waals surface area contributed by atoms with Crippen LogP contribution in [0.2, 0.25) is 0 Å². The maximum absolute atomic E-state index is 13.9. The quantitative estimate of drug-likeness (QED) is 0.531. The molecule has 0 unspecified atom stereocenters. The summed E-state index contributed by atoms with van der Waals surface area (Å²) in [4.78, 5) is 34.7. The Morgan fingerprint density at radius 2 is 1.89 bits per heavy atom. The van der Waals surface area contributed by atoms with E-state index in [1.807, 2.05) is 72.0 Å². The predicted octanol–water partition coefficient (Wildman–Crippen LogP) is 3.07. The van der Waals surface area contributed by atoms with Crippen molar-refractivity contribution in [1.29, 1.82) is 0 Å². The first kappa shape index (κ1) is 24.7. The molecule has 0 N–H and O–H groups in total. The fourth-order valence-corrected chi connectivity index (χ4v) is 5.67. The molecule has 1 aliphatic rings. The molecule has 3 heterocycles. The van der Waals surface area contributed by atoms with Crippen LogP contribution >= 0.6 is 11.3 Å². The number of methoxy groups -OCH3 is 1. The van der Waals surface area contributed by atoms with Crippen molar-refractivity contribution in [3.8, 4) is 5.75 Å². The van der Waals surface area contributed by atoms with E-state index in [4.69, 9.17) is 9.73 Å². The Balaban J connectivity index is 2.01. The summed E-state index contributed by atoms with van der Waals surface area (Å²) in [5.74, 6) is 0.511. The predicted molar refractivity (Wildman–Crippen MR) is 140 cm³/mol. The molecule has 1 amide bonds. The van der Waals surface area contributed by atoms with Gasteiger partial charge in [0.2, 0.25) is 0 Å². The molecule has 8 heteroatoms. The zero-order chi connectivity index (χ0) is 25.4. The molecule has 1 aromatic carbocycles. The number of amides is 1. The number of aromatic nitrogens is 2. The van der Waals surface area contributed by atoms with Gasteiger partial charge in [0.25, 0.3) is 11.5 Å². The van der Waals surface area contributed by atoms with Crippen LogP contribution in [-0.4, -0.2) is 40.1 Å². The maximum Gasteiger partial charge on any atom is 0.271 e. The van der Waals surface area contributed by atoms with E-state index in [9.17, 15) is 9.59 Å². The Morgan fingerprint density at radius 1 is 1.20 bits per heavy atom. The fourth-order valence-electron chi connectivity index (χ4n) is 4.63. The summed E-state index contributed by atoms with van der Waals surface area (Å²) in [6.07, 6.45) is 1.93. The number of rotatable bonds is 6. The first-order chi connectivity index (χ1) is 16.7. The number of likely N-dealkylation sites (N-methyl/N-ethyl adjacent to an activating group) is 1. The third kappa shape index (κ3) is 4.16. The second-order valence-electron chi connectivity index (χ2n) is 8.69. The van der Waals surface area contributed by atoms with Crippen molar-refractivity contribution in [2.75, 3.05) is 20.2 Å². The SMILES string of the molecule is CCN(CC)C(=O)C1=C(C)N=c2s/c(=C/c3cc(C)n(C)c3C)c(=O)n2[C@@H]1c1ccccc1OC. The van der Waals surface area contributed by atoms with Gasteiger partial charge < -0.3 is 14.2 Å². The smallest absolute Gasteiger partial charge is 0.271 e. The Labute approximate surface area is 209 Å². The van der Waals surface area contributed by atoms with Crippen LogP contribution in [-0.2, 0) is 11.8 Å². The summed E-state index contributed by atoms with van der Waals surface area (Å²) >= 11 is 1.35. The highest BCUT2D eigenvalue weighted by Gasteiger charge is 2.35. The van der Waals surface area contributed by atoms with Gasteiger partial charge >= 0.3 is 0 Å². The van der Waals surface area contributed by atoms with Gasteiger partial charge in [-0.25, -0.2) is 4.99 Å². The fraction of sp³-hybridized carbons (Fsp3) is 0.370. The largest absolute Gasteiger partial charge is 0.496 e. The zero-order valence-corrected chi connectivity index (χ0v) is 22.2. The maximum atomic E-state index is 13.9. The Morgan fingerprint density at radius 3 is 2.49 bits per heavy atom. The minimum absolute atomic E-state index is 0.115. The van der Waals surface area contributed by atoms with Crippen molar-refractivity contribution in [3.63, 3.8) is 0 Å². The number of carbonyl (C=O) groups excluding carboxylic acids is 1. The van der Waals surface area contributed by atoms with Crippen molar-refractivity contribution in [1.82, 2.24) is 14.0 Å². The molecule has 0 saturated carbocycles. The number of benzene rings is 1. The molecule has 0 fully saturated rings. The number of carbonyl (C=O) groups is 1. The summed E-state index contributed by atoms with van der Waals surface area (Å²) in [6.45, 7) is 11.0. The molecule has 35 heavy (non-hydrogen) atoms. The van der Waals surface area contributed by atoms with Gasteiger partial charge in [-0.05, 0) is 58.4 Å². The number of nitrogens with zero attached hydrogens (tertiary/aromatic N) is 4. The molecule has 0 aliphatic carbocycles. The first-order valence-electron chi connectivity index (χ1n) is 11.8. The van der Waals surface area contributed by atoms with E-state index in [1.54, 1.807) is 16.6 Å². The Bertz CT molecular complexity index is 1500. The van der Waals surface area contributed by atoms with Crippen molar-refractivity contribution in [2.45, 2.75) is 40.7 Å². The van der Waals surface area contributed by atoms with Crippen LogP contribution in [0.25, 0.3) is 6.08 Å². The highest BCUT2D eigenvalue weighted by atomic mass is 32.1. The zero-order valence-electron chi connectivity index (χ0n) is 21.4. The van der Waals surface area contributed by atoms with E-state index in [0.717, 1.165) is 22.5 Å². The highest BCUT2D eigenvalue weighted by molar-refractivity contribution is 7.07. The van der Waals surface area contributed by atoms with E-state index < -0.39 is 6.04 Å². The summed E-state index contributed by atoms with van der Waals surface area (Å²) in [6, 6.07) is 9.01. The number of thiazole rings is 1. The molecule has 7 nitrogen and oxygen atoms in total. The van der Waals surface area contributed by atoms with Gasteiger partial charge in [0.1, 0.15) is 11.8 Å². The summed E-state index contributed by atoms with van der Waals surface area (Å²) in [5, 5.41) is 0. The number of allylic oxidation sites excluding steroid dienone is 1. The molecule has 184 valence electrons. The normalized spacial score (nSPS) is 15.7. The summed E-state index contributed by atoms with van der Waals surface area (Å²) < 4.78 is 10.0. The molecular weight excluding hydrogens is 460 g/mol. The number of hydrogen-bond donors (Lipinski definition) is 0. The van der Waals surface area contributed by atoms with Crippen LogP contribution < -0.4 is 19.6 Å². The van der Waals surface area contributed by atoms with Gasteiger partial charge in [0, 0.05) is 37.1 Å². The Hall–Kier alpha value is -3.39.